The smallest absolute Gasteiger partial charge is 0.320 e. The first-order valence-electron chi connectivity index (χ1n) is 38.7. The lowest BCUT2D eigenvalue weighted by Crippen LogP contribution is -2.33. The van der Waals surface area contributed by atoms with Gasteiger partial charge in [-0.05, 0) is 239 Å². The maximum Gasteiger partial charge on any atom is 0.320 e. The van der Waals surface area contributed by atoms with Crippen molar-refractivity contribution in [3.63, 3.8) is 0 Å². The van der Waals surface area contributed by atoms with Crippen molar-refractivity contribution in [3.05, 3.63) is 248 Å². The third-order valence-electron chi connectivity index (χ3n) is 19.8. The van der Waals surface area contributed by atoms with E-state index in [9.17, 15) is 49.5 Å². The highest BCUT2D eigenvalue weighted by molar-refractivity contribution is 9.10. The van der Waals surface area contributed by atoms with Crippen molar-refractivity contribution in [3.8, 4) is 73.3 Å². The van der Waals surface area contributed by atoms with Crippen LogP contribution in [0.2, 0.25) is 0 Å². The van der Waals surface area contributed by atoms with Gasteiger partial charge in [0.1, 0.15) is 41.5 Å². The second-order valence-corrected chi connectivity index (χ2v) is 37.7. The molecule has 5 heterocycles. The Morgan fingerprint density at radius 3 is 1.13 bits per heavy atom. The molecule has 0 saturated carbocycles. The number of methoxy groups -OCH3 is 5. The molecule has 1 atom stereocenters. The number of carbonyl (C=O) groups is 5. The molecule has 1 unspecified atom stereocenters. The number of rotatable bonds is 27. The number of hydrogen-bond donors (Lipinski definition) is 5. The maximum absolute atomic E-state index is 11.6. The first-order valence-corrected chi connectivity index (χ1v) is 43.6. The number of halogens is 1. The van der Waals surface area contributed by atoms with E-state index in [1.54, 1.807) is 108 Å². The van der Waals surface area contributed by atoms with Crippen LogP contribution >= 0.6 is 74.7 Å². The Balaban J connectivity index is 0.000000160. The molecule has 0 amide bonds. The zero-order valence-corrected chi connectivity index (χ0v) is 75.4. The Hall–Kier alpha value is -11.4. The van der Waals surface area contributed by atoms with Crippen molar-refractivity contribution >= 4 is 159 Å². The number of thioether (sulfide) groups is 5. The van der Waals surface area contributed by atoms with Gasteiger partial charge in [0, 0.05) is 92.4 Å². The summed E-state index contributed by atoms with van der Waals surface area (Å²) in [5.74, 6) is -0.351. The predicted molar refractivity (Wildman–Crippen MR) is 498 cm³/mol. The van der Waals surface area contributed by atoms with E-state index in [4.69, 9.17) is 23.7 Å². The van der Waals surface area contributed by atoms with Crippen molar-refractivity contribution in [2.45, 2.75) is 130 Å². The van der Waals surface area contributed by atoms with Gasteiger partial charge >= 0.3 is 29.8 Å². The molecule has 14 aromatic rings. The number of aromatic nitrogens is 5. The fourth-order valence-corrected chi connectivity index (χ4v) is 18.3. The number of hydrogen-bond acceptors (Lipinski definition) is 20. The average Bonchev–Trinajstić information content (AvgIpc) is 0.785. The zero-order valence-electron chi connectivity index (χ0n) is 69.8. The number of nitrogens with zero attached hydrogens (tertiary/aromatic N) is 5. The highest BCUT2D eigenvalue weighted by Gasteiger charge is 2.37. The van der Waals surface area contributed by atoms with Crippen molar-refractivity contribution in [1.82, 2.24) is 24.9 Å². The normalized spacial score (nSPS) is 11.6. The molecular weight excluding hydrogens is 1700 g/mol. The van der Waals surface area contributed by atoms with Crippen molar-refractivity contribution in [2.75, 3.05) is 35.5 Å². The van der Waals surface area contributed by atoms with Gasteiger partial charge in [-0.15, -0.1) is 58.8 Å². The summed E-state index contributed by atoms with van der Waals surface area (Å²) in [6.07, 6.45) is 10.3. The number of pyridine rings is 5. The van der Waals surface area contributed by atoms with Gasteiger partial charge in [0.15, 0.2) is 11.5 Å². The second-order valence-electron chi connectivity index (χ2n) is 29.1. The summed E-state index contributed by atoms with van der Waals surface area (Å²) >= 11 is 10.2. The van der Waals surface area contributed by atoms with E-state index in [1.807, 2.05) is 221 Å². The van der Waals surface area contributed by atoms with Crippen molar-refractivity contribution in [2.24, 2.45) is 0 Å². The molecule has 0 radical (unpaired) electrons. The molecule has 26 heteroatoms. The molecule has 0 aliphatic rings. The quantitative estimate of drug-likeness (QED) is 0.0299. The monoisotopic (exact) mass is 1800 g/mol. The molecule has 14 rings (SSSR count). The number of fused-ring (bicyclic) bond motifs is 5. The Kier molecular flexibility index (Phi) is 31.9. The molecule has 0 fully saturated rings. The number of carboxylic acid groups (broad SMARTS) is 5. The number of para-hydroxylation sites is 1. The van der Waals surface area contributed by atoms with Crippen molar-refractivity contribution < 1.29 is 73.2 Å². The van der Waals surface area contributed by atoms with Crippen LogP contribution in [0.5, 0.6) is 28.7 Å². The summed E-state index contributed by atoms with van der Waals surface area (Å²) in [5, 5.41) is 51.5. The molecule has 0 aliphatic heterocycles. The van der Waals surface area contributed by atoms with Gasteiger partial charge in [-0.3, -0.25) is 48.9 Å². The van der Waals surface area contributed by atoms with Crippen LogP contribution in [0.3, 0.4) is 0 Å². The molecular formula is C96H94BrN5O15S5. The zero-order chi connectivity index (χ0) is 88.2. The molecule has 9 aromatic carbocycles. The molecule has 630 valence electrons. The topological polar surface area (TPSA) is 297 Å². The van der Waals surface area contributed by atoms with Crippen LogP contribution in [0, 0.1) is 0 Å². The highest BCUT2D eigenvalue weighted by Crippen LogP contribution is 2.46. The SMILES string of the molecule is CCC(CC)(Sc1ccnc2ccc(Br)cc12)C(=O)O.CCC(Sc1ccnc2ccc(-c3ccc(OC)cc3)cc12)C(=O)O.COc1ccc(-c2ccc3nccc(SC(C)(C)C(=O)O)c3c2)cc1OC.COc1cccc(-c2ccc3nccc(SC(C)(C)C(=O)O)c3c2)c1.COc1ccccc1-c1ccc2nccc(SC(C)(C)C(=O)O)c2c1. The minimum Gasteiger partial charge on any atom is -0.497 e. The van der Waals surface area contributed by atoms with Crippen LogP contribution in [0.25, 0.3) is 99.0 Å². The van der Waals surface area contributed by atoms with E-state index in [1.165, 1.54) is 58.8 Å². The summed E-state index contributed by atoms with van der Waals surface area (Å²) in [5.41, 5.74) is 12.4. The van der Waals surface area contributed by atoms with Gasteiger partial charge in [0.25, 0.3) is 0 Å². The number of benzene rings is 9. The standard InChI is InChI=1S/C21H21NO4S.3C20H19NO3S.C15H16BrNO2S/c1-21(2,20(23)24)27-19-9-10-22-16-7-5-13(11-15(16)19)14-6-8-17(25-3)18(12-14)26-4;1-20(2,19(22)23)25-18-9-10-21-17-8-7-14(12-16(17)18)13-5-4-6-15(11-13)24-3;1-20(2,19(22)23)25-18-10-11-21-16-9-8-13(12-15(16)18)14-6-4-5-7-17(14)24-3;1-3-18(20(22)23)25-19-10-11-21-17-9-6-14(12-16(17)19)13-4-7-15(24-2)8-5-13;1-3-15(4-2,14(18)19)20-13-7-8-17-12-6-5-10(16)9-11(12)13/h5-12H,1-4H3,(H,23,24);2*4-12H,1-3H3,(H,22,23);4-12,18H,3H2,1-2H3,(H,22,23);5-9H,3-4H2,1-2H3,(H,18,19). The highest BCUT2D eigenvalue weighted by atomic mass is 79.9. The molecule has 0 saturated heterocycles. The second kappa shape index (κ2) is 41.9. The van der Waals surface area contributed by atoms with E-state index < -0.39 is 54.1 Å². The molecule has 0 bridgehead atoms. The molecule has 0 spiro atoms. The van der Waals surface area contributed by atoms with Gasteiger partial charge in [-0.1, -0.05) is 109 Å². The first-order chi connectivity index (χ1) is 58.3. The molecule has 20 nitrogen and oxygen atoms in total. The predicted octanol–water partition coefficient (Wildman–Crippen LogP) is 24.2. The molecule has 5 N–H and O–H groups in total. The molecule has 122 heavy (non-hydrogen) atoms. The van der Waals surface area contributed by atoms with Crippen LogP contribution in [0.15, 0.2) is 272 Å². The van der Waals surface area contributed by atoms with Crippen LogP contribution in [-0.2, 0) is 24.0 Å². The van der Waals surface area contributed by atoms with Gasteiger partial charge in [0.2, 0.25) is 0 Å². The summed E-state index contributed by atoms with van der Waals surface area (Å²) < 4.78 is 24.1. The Labute approximate surface area is 738 Å². The summed E-state index contributed by atoms with van der Waals surface area (Å²) in [4.78, 5) is 84.0. The maximum atomic E-state index is 11.6. The summed E-state index contributed by atoms with van der Waals surface area (Å²) in [6.45, 7) is 15.9. The lowest BCUT2D eigenvalue weighted by atomic mass is 10.0. The first kappa shape index (κ1) is 92.9. The lowest BCUT2D eigenvalue weighted by Gasteiger charge is -2.26. The van der Waals surface area contributed by atoms with Gasteiger partial charge < -0.3 is 49.2 Å². The van der Waals surface area contributed by atoms with E-state index in [0.29, 0.717) is 30.8 Å². The van der Waals surface area contributed by atoms with E-state index >= 15 is 0 Å². The largest absolute Gasteiger partial charge is 0.497 e. The lowest BCUT2D eigenvalue weighted by molar-refractivity contribution is -0.140. The van der Waals surface area contributed by atoms with Gasteiger partial charge in [0.05, 0.1) is 63.1 Å². The molecule has 5 aromatic heterocycles. The fraction of sp³-hybridized carbons (Fsp3) is 0.229. The van der Waals surface area contributed by atoms with Crippen LogP contribution in [-0.4, -0.2) is 140 Å². The number of carboxylic acids is 5. The van der Waals surface area contributed by atoms with E-state index in [2.05, 4.69) is 53.0 Å². The van der Waals surface area contributed by atoms with Gasteiger partial charge in [-0.2, -0.15) is 0 Å². The minimum absolute atomic E-state index is 0.463. The van der Waals surface area contributed by atoms with Crippen LogP contribution in [0.4, 0.5) is 0 Å². The third kappa shape index (κ3) is 23.0. The number of aliphatic carboxylic acids is 5. The Morgan fingerprint density at radius 2 is 0.713 bits per heavy atom. The fourth-order valence-electron chi connectivity index (χ4n) is 12.6. The molecule has 0 aliphatic carbocycles. The Morgan fingerprint density at radius 1 is 0.344 bits per heavy atom. The summed E-state index contributed by atoms with van der Waals surface area (Å²) in [7, 11) is 8.15. The van der Waals surface area contributed by atoms with Crippen molar-refractivity contribution in [1.29, 1.82) is 0 Å². The third-order valence-corrected chi connectivity index (χ3v) is 27.2. The van der Waals surface area contributed by atoms with Crippen LogP contribution < -0.4 is 23.7 Å². The average molecular weight is 1800 g/mol. The van der Waals surface area contributed by atoms with Crippen LogP contribution in [0.1, 0.15) is 81.6 Å². The Bertz CT molecular complexity index is 6110. The summed E-state index contributed by atoms with van der Waals surface area (Å²) in [6, 6.07) is 68.6. The van der Waals surface area contributed by atoms with Gasteiger partial charge in [-0.25, -0.2) is 0 Å². The number of ether oxygens (including phenoxy) is 5. The van der Waals surface area contributed by atoms with E-state index in [0.717, 1.165) is 145 Å². The minimum atomic E-state index is -0.937. The van der Waals surface area contributed by atoms with E-state index in [-0.39, 0.29) is 0 Å².